The van der Waals surface area contributed by atoms with Crippen LogP contribution in [-0.2, 0) is 21.1 Å². The summed E-state index contributed by atoms with van der Waals surface area (Å²) in [5, 5.41) is 28.9. The number of aromatic hydroxyl groups is 2. The maximum Gasteiger partial charge on any atom is 0.124 e. The minimum atomic E-state index is 0. The van der Waals surface area contributed by atoms with Crippen molar-refractivity contribution in [1.82, 2.24) is 9.97 Å². The Bertz CT molecular complexity index is 2130. The fourth-order valence-electron chi connectivity index (χ4n) is 5.30. The Hall–Kier alpha value is -4.53. The Kier molecular flexibility index (Phi) is 6.34. The van der Waals surface area contributed by atoms with Crippen LogP contribution in [0.3, 0.4) is 0 Å². The van der Waals surface area contributed by atoms with E-state index in [1.165, 1.54) is 0 Å². The van der Waals surface area contributed by atoms with Crippen LogP contribution < -0.4 is 0 Å². The van der Waals surface area contributed by atoms with Crippen molar-refractivity contribution < 1.29 is 31.3 Å². The van der Waals surface area contributed by atoms with Crippen LogP contribution in [0.4, 0.5) is 0 Å². The van der Waals surface area contributed by atoms with Crippen LogP contribution in [0, 0.1) is 42.0 Å². The fraction of sp³-hybridized carbons (Fsp3) is 0. The number of nitrogens with zero attached hydrogens (tertiary/aromatic N) is 2. The number of phenols is 2. The molecule has 0 radical (unpaired) electrons. The van der Waals surface area contributed by atoms with Crippen molar-refractivity contribution in [2.45, 2.75) is 0 Å². The third-order valence-corrected chi connectivity index (χ3v) is 7.10. The van der Waals surface area contributed by atoms with Gasteiger partial charge in [-0.25, -0.2) is 9.97 Å². The Morgan fingerprint density at radius 1 is 0.359 bits per heavy atom. The third-order valence-electron chi connectivity index (χ3n) is 7.10. The van der Waals surface area contributed by atoms with Crippen molar-refractivity contribution in [3.63, 3.8) is 0 Å². The minimum absolute atomic E-state index is 0. The summed E-state index contributed by atoms with van der Waals surface area (Å²) in [6, 6.07) is 39.2. The van der Waals surface area contributed by atoms with Gasteiger partial charge >= 0.3 is 0 Å². The first-order valence-electron chi connectivity index (χ1n) is 12.5. The zero-order chi connectivity index (χ0) is 25.6. The molecule has 2 N–H and O–H groups in total. The molecular weight excluding hydrogens is 663 g/mol. The van der Waals surface area contributed by atoms with Gasteiger partial charge in [0.2, 0.25) is 0 Å². The van der Waals surface area contributed by atoms with E-state index in [1.54, 1.807) is 24.3 Å². The van der Waals surface area contributed by atoms with E-state index in [0.717, 1.165) is 42.0 Å². The van der Waals surface area contributed by atoms with Crippen LogP contribution in [0.5, 0.6) is 11.5 Å². The van der Waals surface area contributed by atoms with Gasteiger partial charge in [0.1, 0.15) is 11.5 Å². The molecule has 0 amide bonds. The van der Waals surface area contributed by atoms with Crippen molar-refractivity contribution in [1.29, 1.82) is 0 Å². The molecule has 4 aromatic carbocycles. The molecule has 6 aromatic rings. The maximum atomic E-state index is 10.6. The Labute approximate surface area is 237 Å². The van der Waals surface area contributed by atoms with Crippen molar-refractivity contribution in [3.8, 4) is 34.0 Å². The van der Waals surface area contributed by atoms with Gasteiger partial charge in [0.25, 0.3) is 0 Å². The Morgan fingerprint density at radius 3 is 1.08 bits per heavy atom. The van der Waals surface area contributed by atoms with E-state index in [4.69, 9.17) is 9.97 Å². The molecule has 0 aliphatic heterocycles. The van der Waals surface area contributed by atoms with Crippen LogP contribution in [-0.4, -0.2) is 20.2 Å². The number of aromatic nitrogens is 2. The predicted molar refractivity (Wildman–Crippen MR) is 146 cm³/mol. The average molecular weight is 686 g/mol. The number of hydrogen-bond donors (Lipinski definition) is 2. The monoisotopic (exact) mass is 685 g/mol. The van der Waals surface area contributed by atoms with Gasteiger partial charge in [0, 0.05) is 42.6 Å². The van der Waals surface area contributed by atoms with Gasteiger partial charge in [0.05, 0.1) is 22.1 Å². The van der Waals surface area contributed by atoms with Crippen LogP contribution in [0.25, 0.3) is 22.5 Å². The summed E-state index contributed by atoms with van der Waals surface area (Å²) in [4.78, 5) is 10.3. The average Bonchev–Trinajstić information content (AvgIpc) is 2.96. The van der Waals surface area contributed by atoms with Crippen molar-refractivity contribution in [3.05, 3.63) is 163 Å². The summed E-state index contributed by atoms with van der Waals surface area (Å²) in [6.45, 7) is 0. The largest absolute Gasteiger partial charge is 0.507 e. The van der Waals surface area contributed by atoms with Crippen LogP contribution >= 0.6 is 0 Å². The second-order valence-corrected chi connectivity index (χ2v) is 9.31. The second kappa shape index (κ2) is 9.98. The van der Waals surface area contributed by atoms with Gasteiger partial charge in [-0.1, -0.05) is 72.8 Å². The molecule has 7 rings (SSSR count). The number of para-hydroxylation sites is 2. The molecule has 0 unspecified atom stereocenters. The quantitative estimate of drug-likeness (QED) is 0.213. The van der Waals surface area contributed by atoms with E-state index in [2.05, 4.69) is 48.5 Å². The van der Waals surface area contributed by atoms with E-state index in [-0.39, 0.29) is 32.6 Å². The number of rotatable bonds is 2. The third kappa shape index (κ3) is 4.14. The molecule has 190 valence electrons. The number of benzene rings is 4. The van der Waals surface area contributed by atoms with Gasteiger partial charge in [-0.05, 0) is 69.4 Å². The van der Waals surface area contributed by atoms with Crippen molar-refractivity contribution >= 4 is 0 Å². The predicted octanol–water partition coefficient (Wildman–Crippen LogP) is 6.68. The molecule has 0 saturated carbocycles. The molecule has 5 heteroatoms. The molecule has 0 spiro atoms. The first kappa shape index (κ1) is 24.8. The molecule has 0 atom stereocenters. The SMILES string of the molecule is Oc1ccccc1-c1ccc2/c(n1)=c1/nc(-c3ccccc3O)cc/c1=c1\cccc\c1=c1/cccc/c1=2.[Pt]. The molecule has 1 aliphatic rings. The zero-order valence-corrected chi connectivity index (χ0v) is 22.9. The van der Waals surface area contributed by atoms with Crippen molar-refractivity contribution in [2.75, 3.05) is 0 Å². The summed E-state index contributed by atoms with van der Waals surface area (Å²) >= 11 is 0. The number of fused-ring (bicyclic) bond motifs is 4. The van der Waals surface area contributed by atoms with E-state index in [0.29, 0.717) is 22.5 Å². The molecule has 2 aromatic heterocycles. The van der Waals surface area contributed by atoms with E-state index in [1.807, 2.05) is 48.5 Å². The van der Waals surface area contributed by atoms with Crippen LogP contribution in [0.1, 0.15) is 0 Å². The molecular formula is C34H22N2O2Pt. The van der Waals surface area contributed by atoms with Crippen LogP contribution in [0.15, 0.2) is 121 Å². The van der Waals surface area contributed by atoms with Gasteiger partial charge in [-0.2, -0.15) is 0 Å². The molecule has 0 fully saturated rings. The maximum absolute atomic E-state index is 10.6. The van der Waals surface area contributed by atoms with Gasteiger partial charge in [-0.15, -0.1) is 0 Å². The van der Waals surface area contributed by atoms with Gasteiger partial charge < -0.3 is 10.2 Å². The first-order chi connectivity index (χ1) is 18.7. The fourth-order valence-corrected chi connectivity index (χ4v) is 5.30. The van der Waals surface area contributed by atoms with Gasteiger partial charge in [0.15, 0.2) is 0 Å². The summed E-state index contributed by atoms with van der Waals surface area (Å²) in [7, 11) is 0. The van der Waals surface area contributed by atoms with Gasteiger partial charge in [-0.3, -0.25) is 0 Å². The molecule has 0 saturated heterocycles. The Morgan fingerprint density at radius 2 is 0.692 bits per heavy atom. The normalized spacial score (nSPS) is 14.8. The molecule has 0 bridgehead atoms. The molecule has 1 aliphatic carbocycles. The topological polar surface area (TPSA) is 66.2 Å². The van der Waals surface area contributed by atoms with Crippen molar-refractivity contribution in [2.24, 2.45) is 0 Å². The first-order valence-corrected chi connectivity index (χ1v) is 12.5. The minimum Gasteiger partial charge on any atom is -0.507 e. The summed E-state index contributed by atoms with van der Waals surface area (Å²) in [5.41, 5.74) is 2.64. The number of hydrogen-bond acceptors (Lipinski definition) is 4. The number of phenolic OH excluding ortho intramolecular Hbond substituents is 2. The van der Waals surface area contributed by atoms with E-state index >= 15 is 0 Å². The van der Waals surface area contributed by atoms with E-state index in [9.17, 15) is 10.2 Å². The number of pyridine rings is 2. The summed E-state index contributed by atoms with van der Waals surface area (Å²) in [6.07, 6.45) is 0. The molecule has 2 heterocycles. The van der Waals surface area contributed by atoms with Crippen LogP contribution in [0.2, 0.25) is 0 Å². The van der Waals surface area contributed by atoms with E-state index < -0.39 is 0 Å². The summed E-state index contributed by atoms with van der Waals surface area (Å²) < 4.78 is 0. The standard InChI is InChI=1S/C34H22N2O2.Pt/c37-31-15-7-5-13-27(31)29-19-17-25-23-11-3-1-9-21(23)22-10-2-4-12-24(22)26-18-20-30(36-34(26)33(25)35-29)28-14-6-8-16-32(28)38;/h1-20,37-38H;/b22-21-,25-23-,26-24-,34-33-;. The molecule has 39 heavy (non-hydrogen) atoms. The summed E-state index contributed by atoms with van der Waals surface area (Å²) in [5.74, 6) is 0.348. The second-order valence-electron chi connectivity index (χ2n) is 9.31. The Balaban J connectivity index is 0.00000277. The zero-order valence-electron chi connectivity index (χ0n) is 20.7. The molecule has 4 nitrogen and oxygen atoms in total. The smallest absolute Gasteiger partial charge is 0.124 e.